The Morgan fingerprint density at radius 3 is 2.58 bits per heavy atom. The average Bonchev–Trinajstić information content (AvgIpc) is 2.69. The molecular formula is C21H27ClN6O3. The van der Waals surface area contributed by atoms with Gasteiger partial charge in [0.1, 0.15) is 23.5 Å². The molecule has 2 heterocycles. The van der Waals surface area contributed by atoms with Crippen molar-refractivity contribution in [3.05, 3.63) is 35.1 Å². The lowest BCUT2D eigenvalue weighted by molar-refractivity contribution is 0.0341. The fourth-order valence-corrected chi connectivity index (χ4v) is 3.20. The van der Waals surface area contributed by atoms with Crippen LogP contribution in [0.4, 0.5) is 27.8 Å². The summed E-state index contributed by atoms with van der Waals surface area (Å²) in [6, 6.07) is 7.10. The third-order valence-corrected chi connectivity index (χ3v) is 4.52. The fourth-order valence-electron chi connectivity index (χ4n) is 3.03. The van der Waals surface area contributed by atoms with Crippen molar-refractivity contribution in [1.29, 1.82) is 5.41 Å². The molecule has 1 aliphatic heterocycles. The van der Waals surface area contributed by atoms with Gasteiger partial charge in [-0.1, -0.05) is 12.1 Å². The van der Waals surface area contributed by atoms with E-state index >= 15 is 0 Å². The van der Waals surface area contributed by atoms with Gasteiger partial charge in [0.15, 0.2) is 0 Å². The molecule has 1 aliphatic rings. The minimum atomic E-state index is -0.623. The van der Waals surface area contributed by atoms with E-state index < -0.39 is 11.7 Å². The summed E-state index contributed by atoms with van der Waals surface area (Å²) in [5, 5.41) is 17.0. The molecule has 1 fully saturated rings. The molecule has 0 radical (unpaired) electrons. The molecule has 9 nitrogen and oxygen atoms in total. The van der Waals surface area contributed by atoms with Crippen LogP contribution in [0.2, 0.25) is 5.28 Å². The molecule has 0 saturated carbocycles. The third-order valence-electron chi connectivity index (χ3n) is 4.36. The summed E-state index contributed by atoms with van der Waals surface area (Å²) in [5.41, 5.74) is 0.853. The molecule has 0 aliphatic carbocycles. The largest absolute Gasteiger partial charge is 0.444 e. The van der Waals surface area contributed by atoms with Crippen molar-refractivity contribution in [2.75, 3.05) is 22.6 Å². The number of hydrogen-bond donors (Lipinski definition) is 4. The van der Waals surface area contributed by atoms with Crippen LogP contribution in [-0.2, 0) is 9.47 Å². The van der Waals surface area contributed by atoms with Gasteiger partial charge in [0.05, 0.1) is 16.9 Å². The zero-order valence-electron chi connectivity index (χ0n) is 17.8. The van der Waals surface area contributed by atoms with Crippen LogP contribution in [0, 0.1) is 5.41 Å². The molecule has 1 saturated heterocycles. The smallest absolute Gasteiger partial charge is 0.412 e. The first-order chi connectivity index (χ1) is 14.7. The zero-order chi connectivity index (χ0) is 22.4. The molecule has 31 heavy (non-hydrogen) atoms. The summed E-state index contributed by atoms with van der Waals surface area (Å²) in [6.45, 7) is 6.05. The SMILES string of the molecule is CC(C)(C)OC(=O)Nc1ccccc1Nc1nc(Cl)nc(NC2CCCCO2)c1C=N. The fraction of sp³-hybridized carbons (Fsp3) is 0.429. The van der Waals surface area contributed by atoms with Gasteiger partial charge in [-0.05, 0) is 63.8 Å². The molecule has 1 amide bonds. The van der Waals surface area contributed by atoms with Crippen LogP contribution in [0.25, 0.3) is 0 Å². The van der Waals surface area contributed by atoms with Crippen LogP contribution in [0.1, 0.15) is 45.6 Å². The zero-order valence-corrected chi connectivity index (χ0v) is 18.5. The minimum absolute atomic E-state index is 0.0176. The van der Waals surface area contributed by atoms with E-state index in [1.165, 1.54) is 0 Å². The molecule has 1 unspecified atom stereocenters. The quantitative estimate of drug-likeness (QED) is 0.357. The van der Waals surface area contributed by atoms with E-state index in [0.29, 0.717) is 35.2 Å². The maximum atomic E-state index is 12.2. The Labute approximate surface area is 186 Å². The van der Waals surface area contributed by atoms with E-state index in [0.717, 1.165) is 25.5 Å². The molecule has 1 aromatic carbocycles. The molecule has 2 aromatic rings. The van der Waals surface area contributed by atoms with Crippen molar-refractivity contribution in [2.45, 2.75) is 51.9 Å². The second kappa shape index (κ2) is 9.93. The van der Waals surface area contributed by atoms with Gasteiger partial charge in [-0.25, -0.2) is 4.79 Å². The molecule has 3 rings (SSSR count). The van der Waals surface area contributed by atoms with E-state index in [4.69, 9.17) is 26.5 Å². The maximum absolute atomic E-state index is 12.2. The molecule has 166 valence electrons. The summed E-state index contributed by atoms with van der Waals surface area (Å²) in [6.07, 6.45) is 3.27. The van der Waals surface area contributed by atoms with Gasteiger partial charge in [-0.2, -0.15) is 9.97 Å². The van der Waals surface area contributed by atoms with Gasteiger partial charge in [0.25, 0.3) is 0 Å². The number of amides is 1. The predicted molar refractivity (Wildman–Crippen MR) is 122 cm³/mol. The number of aromatic nitrogens is 2. The number of hydrogen-bond acceptors (Lipinski definition) is 8. The molecule has 0 spiro atoms. The van der Waals surface area contributed by atoms with Crippen molar-refractivity contribution in [3.8, 4) is 0 Å². The van der Waals surface area contributed by atoms with Gasteiger partial charge < -0.3 is 25.5 Å². The topological polar surface area (TPSA) is 121 Å². The van der Waals surface area contributed by atoms with Crippen LogP contribution in [0.5, 0.6) is 0 Å². The van der Waals surface area contributed by atoms with Gasteiger partial charge in [0, 0.05) is 12.8 Å². The Morgan fingerprint density at radius 1 is 1.23 bits per heavy atom. The Hall–Kier alpha value is -2.91. The summed E-state index contributed by atoms with van der Waals surface area (Å²) < 4.78 is 11.0. The summed E-state index contributed by atoms with van der Waals surface area (Å²) in [4.78, 5) is 20.7. The van der Waals surface area contributed by atoms with Gasteiger partial charge in [-0.3, -0.25) is 5.32 Å². The Balaban J connectivity index is 1.85. The molecule has 0 bridgehead atoms. The molecule has 1 atom stereocenters. The first kappa shape index (κ1) is 22.8. The van der Waals surface area contributed by atoms with Crippen molar-refractivity contribution in [2.24, 2.45) is 0 Å². The second-order valence-corrected chi connectivity index (χ2v) is 8.38. The van der Waals surface area contributed by atoms with Gasteiger partial charge >= 0.3 is 6.09 Å². The number of para-hydroxylation sites is 2. The highest BCUT2D eigenvalue weighted by Gasteiger charge is 2.20. The monoisotopic (exact) mass is 446 g/mol. The number of nitrogens with one attached hydrogen (secondary N) is 4. The van der Waals surface area contributed by atoms with Gasteiger partial charge in [0.2, 0.25) is 5.28 Å². The molecular weight excluding hydrogens is 420 g/mol. The lowest BCUT2D eigenvalue weighted by Gasteiger charge is -2.25. The van der Waals surface area contributed by atoms with Crippen LogP contribution in [0.3, 0.4) is 0 Å². The van der Waals surface area contributed by atoms with Crippen molar-refractivity contribution in [1.82, 2.24) is 9.97 Å². The normalized spacial score (nSPS) is 16.3. The molecule has 10 heteroatoms. The van der Waals surface area contributed by atoms with Crippen molar-refractivity contribution < 1.29 is 14.3 Å². The van der Waals surface area contributed by atoms with Crippen molar-refractivity contribution in [3.63, 3.8) is 0 Å². The highest BCUT2D eigenvalue weighted by molar-refractivity contribution is 6.28. The number of nitrogens with zero attached hydrogens (tertiary/aromatic N) is 2. The average molecular weight is 447 g/mol. The highest BCUT2D eigenvalue weighted by atomic mass is 35.5. The minimum Gasteiger partial charge on any atom is -0.444 e. The number of ether oxygens (including phenoxy) is 2. The standard InChI is InChI=1S/C21H27ClN6O3/c1-21(2,3)31-20(29)25-15-9-5-4-8-14(15)24-17-13(12-23)18(28-19(22)27-17)26-16-10-6-7-11-30-16/h4-5,8-9,12,16,23H,6-7,10-11H2,1-3H3,(H,25,29)(H2,24,26,27,28). The Morgan fingerprint density at radius 2 is 1.94 bits per heavy atom. The van der Waals surface area contributed by atoms with Crippen molar-refractivity contribution >= 4 is 46.9 Å². The number of halogens is 1. The second-order valence-electron chi connectivity index (χ2n) is 8.04. The maximum Gasteiger partial charge on any atom is 0.412 e. The molecule has 1 aromatic heterocycles. The summed E-state index contributed by atoms with van der Waals surface area (Å²) in [7, 11) is 0. The Bertz CT molecular complexity index is 941. The number of carbonyl (C=O) groups is 1. The number of anilines is 4. The number of rotatable bonds is 6. The van der Waals surface area contributed by atoms with Crippen LogP contribution in [-0.4, -0.2) is 40.7 Å². The van der Waals surface area contributed by atoms with Crippen LogP contribution in [0.15, 0.2) is 24.3 Å². The summed E-state index contributed by atoms with van der Waals surface area (Å²) >= 11 is 6.15. The van der Waals surface area contributed by atoms with E-state index in [-0.39, 0.29) is 11.5 Å². The summed E-state index contributed by atoms with van der Waals surface area (Å²) in [5.74, 6) is 0.730. The first-order valence-corrected chi connectivity index (χ1v) is 10.4. The number of benzene rings is 1. The van der Waals surface area contributed by atoms with Crippen LogP contribution < -0.4 is 16.0 Å². The van der Waals surface area contributed by atoms with E-state index in [1.807, 2.05) is 6.07 Å². The molecule has 4 N–H and O–H groups in total. The first-order valence-electron chi connectivity index (χ1n) is 10.1. The predicted octanol–water partition coefficient (Wildman–Crippen LogP) is 5.16. The van der Waals surface area contributed by atoms with E-state index in [2.05, 4.69) is 25.9 Å². The lowest BCUT2D eigenvalue weighted by atomic mass is 10.2. The van der Waals surface area contributed by atoms with E-state index in [9.17, 15) is 4.79 Å². The van der Waals surface area contributed by atoms with Crippen LogP contribution >= 0.6 is 11.6 Å². The lowest BCUT2D eigenvalue weighted by Crippen LogP contribution is -2.28. The highest BCUT2D eigenvalue weighted by Crippen LogP contribution is 2.30. The number of carbonyl (C=O) groups excluding carboxylic acids is 1. The Kier molecular flexibility index (Phi) is 7.29. The van der Waals surface area contributed by atoms with Gasteiger partial charge in [-0.15, -0.1) is 0 Å². The van der Waals surface area contributed by atoms with E-state index in [1.54, 1.807) is 39.0 Å². The third kappa shape index (κ3) is 6.53.